The third-order valence-electron chi connectivity index (χ3n) is 1.58. The van der Waals surface area contributed by atoms with E-state index in [1.54, 1.807) is 0 Å². The Hall–Kier alpha value is -0.450. The van der Waals surface area contributed by atoms with Crippen LogP contribution in [-0.4, -0.2) is 17.1 Å². The molecule has 0 fully saturated rings. The van der Waals surface area contributed by atoms with Gasteiger partial charge in [-0.05, 0) is 14.0 Å². The first-order valence-corrected chi connectivity index (χ1v) is 4.38. The summed E-state index contributed by atoms with van der Waals surface area (Å²) in [6, 6.07) is 0.270. The second-order valence-electron chi connectivity index (χ2n) is 2.33. The lowest BCUT2D eigenvalue weighted by Crippen LogP contribution is -2.12. The van der Waals surface area contributed by atoms with Gasteiger partial charge in [-0.15, -0.1) is 11.3 Å². The minimum absolute atomic E-state index is 0.0428. The zero-order valence-corrected chi connectivity index (χ0v) is 7.48. The summed E-state index contributed by atoms with van der Waals surface area (Å²) >= 11 is 1.49. The van der Waals surface area contributed by atoms with E-state index in [1.807, 2.05) is 19.4 Å². The van der Waals surface area contributed by atoms with Gasteiger partial charge < -0.3 is 10.4 Å². The molecule has 62 valence electrons. The zero-order valence-electron chi connectivity index (χ0n) is 6.66. The topological polar surface area (TPSA) is 45.1 Å². The minimum atomic E-state index is 0.0428. The highest BCUT2D eigenvalue weighted by molar-refractivity contribution is 7.09. The molecule has 0 saturated heterocycles. The summed E-state index contributed by atoms with van der Waals surface area (Å²) in [5, 5.41) is 14.6. The first kappa shape index (κ1) is 8.64. The molecule has 3 nitrogen and oxygen atoms in total. The number of nitrogens with one attached hydrogen (secondary N) is 1. The molecule has 0 radical (unpaired) electrons. The lowest BCUT2D eigenvalue weighted by Gasteiger charge is -2.04. The molecule has 0 aliphatic rings. The number of rotatable bonds is 3. The maximum atomic E-state index is 8.73. The number of hydrogen-bond donors (Lipinski definition) is 2. The van der Waals surface area contributed by atoms with Crippen molar-refractivity contribution in [2.75, 3.05) is 7.05 Å². The predicted octanol–water partition coefficient (Wildman–Crippen LogP) is 0.916. The normalized spacial score (nSPS) is 13.4. The fraction of sp³-hybridized carbons (Fsp3) is 0.571. The van der Waals surface area contributed by atoms with Gasteiger partial charge >= 0.3 is 0 Å². The standard InChI is InChI=1S/C7H12N2OS/c1-5(8-2)6-4-11-7(3-10)9-6/h4-5,8,10H,3H2,1-2H3. The van der Waals surface area contributed by atoms with Crippen LogP contribution in [0.25, 0.3) is 0 Å². The molecule has 0 amide bonds. The van der Waals surface area contributed by atoms with E-state index in [0.29, 0.717) is 0 Å². The first-order chi connectivity index (χ1) is 5.27. The Balaban J connectivity index is 2.71. The third kappa shape index (κ3) is 1.99. The highest BCUT2D eigenvalue weighted by atomic mass is 32.1. The van der Waals surface area contributed by atoms with Crippen molar-refractivity contribution in [1.82, 2.24) is 10.3 Å². The minimum Gasteiger partial charge on any atom is -0.389 e. The fourth-order valence-corrected chi connectivity index (χ4v) is 1.49. The number of aliphatic hydroxyl groups excluding tert-OH is 1. The van der Waals surface area contributed by atoms with Crippen LogP contribution in [0.3, 0.4) is 0 Å². The van der Waals surface area contributed by atoms with Crippen molar-refractivity contribution in [1.29, 1.82) is 0 Å². The quantitative estimate of drug-likeness (QED) is 0.712. The average molecular weight is 172 g/mol. The molecular formula is C7H12N2OS. The Labute approximate surface area is 70.1 Å². The van der Waals surface area contributed by atoms with E-state index in [0.717, 1.165) is 10.7 Å². The molecule has 0 bridgehead atoms. The maximum absolute atomic E-state index is 8.73. The fourth-order valence-electron chi connectivity index (χ4n) is 0.744. The molecule has 11 heavy (non-hydrogen) atoms. The average Bonchev–Trinajstić information content (AvgIpc) is 2.50. The van der Waals surface area contributed by atoms with Crippen molar-refractivity contribution < 1.29 is 5.11 Å². The van der Waals surface area contributed by atoms with Crippen LogP contribution in [0.5, 0.6) is 0 Å². The van der Waals surface area contributed by atoms with E-state index < -0.39 is 0 Å². The van der Waals surface area contributed by atoms with E-state index >= 15 is 0 Å². The summed E-state index contributed by atoms with van der Waals surface area (Å²) in [7, 11) is 1.89. The molecule has 1 aromatic heterocycles. The summed E-state index contributed by atoms with van der Waals surface area (Å²) in [6.07, 6.45) is 0. The van der Waals surface area contributed by atoms with Gasteiger partial charge in [0.2, 0.25) is 0 Å². The summed E-state index contributed by atoms with van der Waals surface area (Å²) in [6.45, 7) is 2.08. The van der Waals surface area contributed by atoms with E-state index in [-0.39, 0.29) is 12.6 Å². The number of thiazole rings is 1. The van der Waals surface area contributed by atoms with E-state index in [2.05, 4.69) is 10.3 Å². The number of hydrogen-bond acceptors (Lipinski definition) is 4. The van der Waals surface area contributed by atoms with Crippen LogP contribution in [0.15, 0.2) is 5.38 Å². The van der Waals surface area contributed by atoms with Crippen molar-refractivity contribution in [3.8, 4) is 0 Å². The van der Waals surface area contributed by atoms with Crippen molar-refractivity contribution in [3.63, 3.8) is 0 Å². The van der Waals surface area contributed by atoms with Gasteiger partial charge in [-0.25, -0.2) is 4.98 Å². The van der Waals surface area contributed by atoms with Gasteiger partial charge in [0.15, 0.2) is 0 Å². The Kier molecular flexibility index (Phi) is 2.99. The molecule has 0 aliphatic heterocycles. The number of nitrogens with zero attached hydrogens (tertiary/aromatic N) is 1. The lowest BCUT2D eigenvalue weighted by atomic mass is 10.3. The van der Waals surface area contributed by atoms with Crippen molar-refractivity contribution in [2.24, 2.45) is 0 Å². The highest BCUT2D eigenvalue weighted by Gasteiger charge is 2.06. The van der Waals surface area contributed by atoms with Crippen molar-refractivity contribution >= 4 is 11.3 Å². The summed E-state index contributed by atoms with van der Waals surface area (Å²) < 4.78 is 0. The zero-order chi connectivity index (χ0) is 8.27. The second kappa shape index (κ2) is 3.80. The van der Waals surface area contributed by atoms with Gasteiger partial charge in [-0.2, -0.15) is 0 Å². The van der Waals surface area contributed by atoms with Gasteiger partial charge in [0.25, 0.3) is 0 Å². The van der Waals surface area contributed by atoms with Crippen molar-refractivity contribution in [3.05, 3.63) is 16.1 Å². The van der Waals surface area contributed by atoms with Crippen LogP contribution in [0.1, 0.15) is 23.7 Å². The smallest absolute Gasteiger partial charge is 0.118 e. The molecule has 1 atom stereocenters. The van der Waals surface area contributed by atoms with Gasteiger partial charge in [0, 0.05) is 11.4 Å². The molecule has 2 N–H and O–H groups in total. The van der Waals surface area contributed by atoms with Crippen LogP contribution in [0, 0.1) is 0 Å². The maximum Gasteiger partial charge on any atom is 0.118 e. The summed E-state index contributed by atoms with van der Waals surface area (Å²) in [5.41, 5.74) is 1.00. The molecule has 4 heteroatoms. The van der Waals surface area contributed by atoms with Crippen LogP contribution in [0.4, 0.5) is 0 Å². The third-order valence-corrected chi connectivity index (χ3v) is 2.43. The molecule has 0 saturated carbocycles. The van der Waals surface area contributed by atoms with Crippen LogP contribution in [0.2, 0.25) is 0 Å². The first-order valence-electron chi connectivity index (χ1n) is 3.50. The summed E-state index contributed by atoms with van der Waals surface area (Å²) in [4.78, 5) is 4.21. The van der Waals surface area contributed by atoms with Gasteiger partial charge in [-0.3, -0.25) is 0 Å². The van der Waals surface area contributed by atoms with Gasteiger partial charge in [0.1, 0.15) is 5.01 Å². The van der Waals surface area contributed by atoms with E-state index in [1.165, 1.54) is 11.3 Å². The molecule has 1 unspecified atom stereocenters. The highest BCUT2D eigenvalue weighted by Crippen LogP contribution is 2.15. The molecule has 0 aliphatic carbocycles. The molecule has 0 spiro atoms. The molecule has 1 rings (SSSR count). The van der Waals surface area contributed by atoms with E-state index in [4.69, 9.17) is 5.11 Å². The van der Waals surface area contributed by atoms with Crippen LogP contribution in [-0.2, 0) is 6.61 Å². The van der Waals surface area contributed by atoms with E-state index in [9.17, 15) is 0 Å². The second-order valence-corrected chi connectivity index (χ2v) is 3.28. The van der Waals surface area contributed by atoms with Crippen LogP contribution >= 0.6 is 11.3 Å². The number of aromatic nitrogens is 1. The Morgan fingerprint density at radius 2 is 2.55 bits per heavy atom. The van der Waals surface area contributed by atoms with Crippen LogP contribution < -0.4 is 5.32 Å². The van der Waals surface area contributed by atoms with Crippen molar-refractivity contribution in [2.45, 2.75) is 19.6 Å². The monoisotopic (exact) mass is 172 g/mol. The van der Waals surface area contributed by atoms with Gasteiger partial charge in [0.05, 0.1) is 12.3 Å². The molecule has 1 aromatic rings. The largest absolute Gasteiger partial charge is 0.389 e. The summed E-state index contributed by atoms with van der Waals surface area (Å²) in [5.74, 6) is 0. The molecule has 1 heterocycles. The van der Waals surface area contributed by atoms with Gasteiger partial charge in [-0.1, -0.05) is 0 Å². The number of aliphatic hydroxyl groups is 1. The Morgan fingerprint density at radius 1 is 1.82 bits per heavy atom. The lowest BCUT2D eigenvalue weighted by molar-refractivity contribution is 0.281. The Morgan fingerprint density at radius 3 is 3.00 bits per heavy atom. The molecular weight excluding hydrogens is 160 g/mol. The Bertz CT molecular complexity index is 224. The molecule has 0 aromatic carbocycles. The predicted molar refractivity (Wildman–Crippen MR) is 45.5 cm³/mol. The SMILES string of the molecule is CNC(C)c1csc(CO)n1.